The molecule has 0 saturated heterocycles. The van der Waals surface area contributed by atoms with Crippen molar-refractivity contribution in [3.63, 3.8) is 0 Å². The zero-order valence-corrected chi connectivity index (χ0v) is 15.0. The third-order valence-corrected chi connectivity index (χ3v) is 3.01. The van der Waals surface area contributed by atoms with Gasteiger partial charge in [-0.15, -0.1) is 0 Å². The van der Waals surface area contributed by atoms with E-state index in [4.69, 9.17) is 11.5 Å². The molecule has 0 bridgehead atoms. The molecule has 11 heteroatoms. The maximum atomic E-state index is 11.7. The fourth-order valence-corrected chi connectivity index (χ4v) is 1.79. The van der Waals surface area contributed by atoms with Crippen LogP contribution < -0.4 is 22.1 Å². The van der Waals surface area contributed by atoms with Gasteiger partial charge in [0, 0.05) is 26.0 Å². The minimum Gasteiger partial charge on any atom is -0.370 e. The smallest absolute Gasteiger partial charge is 0.243 e. The van der Waals surface area contributed by atoms with Gasteiger partial charge in [-0.05, 0) is 18.1 Å². The average molecular weight is 380 g/mol. The highest BCUT2D eigenvalue weighted by Crippen LogP contribution is 1.96. The molecule has 1 heterocycles. The molecule has 27 heavy (non-hydrogen) atoms. The van der Waals surface area contributed by atoms with Crippen molar-refractivity contribution in [3.8, 4) is 0 Å². The number of carbonyl (C=O) groups excluding carboxylic acids is 5. The second-order valence-corrected chi connectivity index (χ2v) is 5.40. The maximum Gasteiger partial charge on any atom is 0.243 e. The van der Waals surface area contributed by atoms with Crippen LogP contribution in [-0.2, 0) is 30.4 Å². The molecule has 0 fully saturated rings. The minimum absolute atomic E-state index is 0.0104. The van der Waals surface area contributed by atoms with E-state index in [0.29, 0.717) is 25.8 Å². The van der Waals surface area contributed by atoms with Gasteiger partial charge in [-0.1, -0.05) is 6.07 Å². The first kappa shape index (κ1) is 23.5. The van der Waals surface area contributed by atoms with E-state index in [9.17, 15) is 24.0 Å². The normalized spacial score (nSPS) is 10.4. The summed E-state index contributed by atoms with van der Waals surface area (Å²) in [7, 11) is 1.48. The predicted molar refractivity (Wildman–Crippen MR) is 95.6 cm³/mol. The van der Waals surface area contributed by atoms with Crippen LogP contribution in [0.1, 0.15) is 12.0 Å². The van der Waals surface area contributed by atoms with Gasteiger partial charge in [-0.2, -0.15) is 0 Å². The highest BCUT2D eigenvalue weighted by molar-refractivity contribution is 5.89. The van der Waals surface area contributed by atoms with E-state index in [2.05, 4.69) is 15.6 Å². The van der Waals surface area contributed by atoms with Crippen LogP contribution in [0.5, 0.6) is 0 Å². The second kappa shape index (κ2) is 13.8. The third kappa shape index (κ3) is 12.5. The number of nitrogens with one attached hydrogen (secondary N) is 2. The van der Waals surface area contributed by atoms with Crippen molar-refractivity contribution in [1.82, 2.24) is 20.5 Å². The van der Waals surface area contributed by atoms with E-state index in [-0.39, 0.29) is 13.0 Å². The van der Waals surface area contributed by atoms with Crippen LogP contribution in [-0.4, -0.2) is 66.6 Å². The molecule has 0 aliphatic rings. The SMILES string of the molecule is CN(C=O)CC(N)=O.NC(=O)C[C@H](NC=O)C(=O)NCCc1cccnc1. The topological polar surface area (TPSA) is 178 Å². The highest BCUT2D eigenvalue weighted by Gasteiger charge is 2.19. The fourth-order valence-electron chi connectivity index (χ4n) is 1.79. The van der Waals surface area contributed by atoms with Crippen molar-refractivity contribution < 1.29 is 24.0 Å². The number of nitrogens with zero attached hydrogens (tertiary/aromatic N) is 2. The summed E-state index contributed by atoms with van der Waals surface area (Å²) < 4.78 is 0. The molecule has 0 aromatic carbocycles. The van der Waals surface area contributed by atoms with Crippen LogP contribution in [0.25, 0.3) is 0 Å². The number of pyridine rings is 1. The van der Waals surface area contributed by atoms with Crippen LogP contribution in [0.4, 0.5) is 0 Å². The van der Waals surface area contributed by atoms with E-state index < -0.39 is 23.8 Å². The summed E-state index contributed by atoms with van der Waals surface area (Å²) in [6.07, 6.45) is 4.68. The minimum atomic E-state index is -0.927. The van der Waals surface area contributed by atoms with Crippen molar-refractivity contribution in [1.29, 1.82) is 0 Å². The summed E-state index contributed by atoms with van der Waals surface area (Å²) in [5, 5.41) is 4.88. The number of amides is 5. The van der Waals surface area contributed by atoms with E-state index in [1.165, 1.54) is 11.9 Å². The Kier molecular flexibility index (Phi) is 12.0. The van der Waals surface area contributed by atoms with Gasteiger partial charge in [0.15, 0.2) is 0 Å². The monoisotopic (exact) mass is 380 g/mol. The lowest BCUT2D eigenvalue weighted by Gasteiger charge is -2.14. The molecule has 0 unspecified atom stereocenters. The van der Waals surface area contributed by atoms with Gasteiger partial charge in [0.05, 0.1) is 13.0 Å². The number of hydrogen-bond acceptors (Lipinski definition) is 6. The van der Waals surface area contributed by atoms with Gasteiger partial charge in [0.25, 0.3) is 0 Å². The second-order valence-electron chi connectivity index (χ2n) is 5.40. The zero-order chi connectivity index (χ0) is 20.7. The van der Waals surface area contributed by atoms with Crippen molar-refractivity contribution in [2.45, 2.75) is 18.9 Å². The number of primary amides is 2. The van der Waals surface area contributed by atoms with E-state index in [1.807, 2.05) is 6.07 Å². The number of likely N-dealkylation sites (N-methyl/N-ethyl adjacent to an activating group) is 1. The van der Waals surface area contributed by atoms with Gasteiger partial charge in [0.1, 0.15) is 6.04 Å². The van der Waals surface area contributed by atoms with Gasteiger partial charge >= 0.3 is 0 Å². The molecular formula is C16H24N6O5. The van der Waals surface area contributed by atoms with Crippen LogP contribution >= 0.6 is 0 Å². The third-order valence-electron chi connectivity index (χ3n) is 3.01. The Morgan fingerprint density at radius 3 is 2.41 bits per heavy atom. The predicted octanol–water partition coefficient (Wildman–Crippen LogP) is -2.71. The molecule has 1 aromatic rings. The van der Waals surface area contributed by atoms with Gasteiger partial charge in [0.2, 0.25) is 30.5 Å². The summed E-state index contributed by atoms with van der Waals surface area (Å²) in [5.41, 5.74) is 10.7. The summed E-state index contributed by atoms with van der Waals surface area (Å²) in [6, 6.07) is 2.77. The van der Waals surface area contributed by atoms with Gasteiger partial charge in [-0.25, -0.2) is 0 Å². The standard InChI is InChI=1S/C12H16N4O3.C4H8N2O2/c13-11(18)6-10(16-8-17)12(19)15-5-3-9-2-1-4-14-7-9;1-6(3-7)2-4(5)8/h1-2,4,7-8,10H,3,5-6H2,(H2,13,18)(H,15,19)(H,16,17);3H,2H2,1H3,(H2,5,8)/t10-;/m0./s1. The number of carbonyl (C=O) groups is 5. The molecule has 0 radical (unpaired) electrons. The molecule has 0 aliphatic carbocycles. The average Bonchev–Trinajstić information content (AvgIpc) is 2.61. The lowest BCUT2D eigenvalue weighted by atomic mass is 10.1. The van der Waals surface area contributed by atoms with E-state index >= 15 is 0 Å². The molecule has 1 atom stereocenters. The van der Waals surface area contributed by atoms with Crippen molar-refractivity contribution in [3.05, 3.63) is 30.1 Å². The van der Waals surface area contributed by atoms with Crippen LogP contribution in [0.15, 0.2) is 24.5 Å². The highest BCUT2D eigenvalue weighted by atomic mass is 16.2. The number of hydrogen-bond donors (Lipinski definition) is 4. The Balaban J connectivity index is 0.000000713. The fraction of sp³-hybridized carbons (Fsp3) is 0.375. The molecule has 1 rings (SSSR count). The summed E-state index contributed by atoms with van der Waals surface area (Å²) in [4.78, 5) is 57.7. The Hall–Kier alpha value is -3.50. The molecule has 148 valence electrons. The number of nitrogens with two attached hydrogens (primary N) is 2. The Morgan fingerprint density at radius 1 is 1.26 bits per heavy atom. The largest absolute Gasteiger partial charge is 0.370 e. The molecule has 0 saturated carbocycles. The molecule has 0 aliphatic heterocycles. The zero-order valence-electron chi connectivity index (χ0n) is 15.0. The first-order valence-corrected chi connectivity index (χ1v) is 7.88. The summed E-state index contributed by atoms with van der Waals surface area (Å²) in [6.45, 7) is 0.379. The first-order valence-electron chi connectivity index (χ1n) is 7.88. The number of aromatic nitrogens is 1. The van der Waals surface area contributed by atoms with Gasteiger partial charge in [-0.3, -0.25) is 29.0 Å². The van der Waals surface area contributed by atoms with E-state index in [0.717, 1.165) is 5.56 Å². The Labute approximate surface area is 156 Å². The Bertz CT molecular complexity index is 625. The molecule has 1 aromatic heterocycles. The first-order chi connectivity index (χ1) is 12.8. The molecular weight excluding hydrogens is 356 g/mol. The lowest BCUT2D eigenvalue weighted by Crippen LogP contribution is -2.46. The quantitative estimate of drug-likeness (QED) is 0.303. The molecule has 5 amide bonds. The summed E-state index contributed by atoms with van der Waals surface area (Å²) in [5.74, 6) is -1.59. The van der Waals surface area contributed by atoms with Crippen molar-refractivity contribution >= 4 is 30.5 Å². The molecule has 11 nitrogen and oxygen atoms in total. The summed E-state index contributed by atoms with van der Waals surface area (Å²) >= 11 is 0. The van der Waals surface area contributed by atoms with Crippen molar-refractivity contribution in [2.24, 2.45) is 11.5 Å². The number of rotatable bonds is 11. The lowest BCUT2D eigenvalue weighted by molar-refractivity contribution is -0.128. The van der Waals surface area contributed by atoms with Crippen LogP contribution in [0, 0.1) is 0 Å². The maximum absolute atomic E-state index is 11.7. The van der Waals surface area contributed by atoms with Crippen LogP contribution in [0.3, 0.4) is 0 Å². The van der Waals surface area contributed by atoms with Crippen molar-refractivity contribution in [2.75, 3.05) is 20.1 Å². The van der Waals surface area contributed by atoms with E-state index in [1.54, 1.807) is 18.5 Å². The molecule has 0 spiro atoms. The molecule has 6 N–H and O–H groups in total. The van der Waals surface area contributed by atoms with Gasteiger partial charge < -0.3 is 27.0 Å². The van der Waals surface area contributed by atoms with Crippen LogP contribution in [0.2, 0.25) is 0 Å². The Morgan fingerprint density at radius 2 is 1.96 bits per heavy atom.